The third-order valence-corrected chi connectivity index (χ3v) is 3.56. The molecular weight excluding hydrogens is 182 g/mol. The van der Waals surface area contributed by atoms with E-state index in [2.05, 4.69) is 12.2 Å². The Morgan fingerprint density at radius 2 is 1.47 bits per heavy atom. The van der Waals surface area contributed by atoms with Crippen molar-refractivity contribution in [3.63, 3.8) is 0 Å². The molecule has 1 heterocycles. The van der Waals surface area contributed by atoms with Gasteiger partial charge in [0, 0.05) is 6.04 Å². The molecule has 0 spiro atoms. The Morgan fingerprint density at radius 1 is 0.867 bits per heavy atom. The highest BCUT2D eigenvalue weighted by Gasteiger charge is 2.31. The van der Waals surface area contributed by atoms with Crippen molar-refractivity contribution >= 4 is 0 Å². The molecule has 1 N–H and O–H groups in total. The highest BCUT2D eigenvalue weighted by molar-refractivity contribution is 4.87. The third-order valence-electron chi connectivity index (χ3n) is 3.56. The summed E-state index contributed by atoms with van der Waals surface area (Å²) in [6, 6.07) is 0.882. The predicted octanol–water partition coefficient (Wildman–Crippen LogP) is 4.23. The lowest BCUT2D eigenvalue weighted by molar-refractivity contribution is 0.151. The molecule has 2 aliphatic rings. The molecule has 1 saturated carbocycles. The zero-order valence-corrected chi connectivity index (χ0v) is 11.5. The first kappa shape index (κ1) is 15.0. The summed E-state index contributed by atoms with van der Waals surface area (Å²) < 4.78 is 0. The quantitative estimate of drug-likeness (QED) is 0.635. The van der Waals surface area contributed by atoms with Gasteiger partial charge in [-0.2, -0.15) is 0 Å². The Bertz CT molecular complexity index is 131. The van der Waals surface area contributed by atoms with E-state index in [1.54, 1.807) is 0 Å². The van der Waals surface area contributed by atoms with Crippen molar-refractivity contribution in [2.24, 2.45) is 11.8 Å². The van der Waals surface area contributed by atoms with Gasteiger partial charge in [-0.25, -0.2) is 0 Å². The third kappa shape index (κ3) is 4.55. The molecule has 3 unspecified atom stereocenters. The standard InChI is InChI=1S/C10H19N.2C2H6/c1-8-6-7-11-10-5-3-2-4-9(8)10;2*1-2/h8-11H,2-7H2,1H3;2*1-2H3. The van der Waals surface area contributed by atoms with E-state index in [0.29, 0.717) is 0 Å². The van der Waals surface area contributed by atoms with Crippen LogP contribution in [0.4, 0.5) is 0 Å². The molecule has 92 valence electrons. The van der Waals surface area contributed by atoms with E-state index in [-0.39, 0.29) is 0 Å². The van der Waals surface area contributed by atoms with Crippen LogP contribution in [0.1, 0.15) is 66.7 Å². The van der Waals surface area contributed by atoms with Gasteiger partial charge in [0.15, 0.2) is 0 Å². The van der Waals surface area contributed by atoms with E-state index >= 15 is 0 Å². The zero-order valence-electron chi connectivity index (χ0n) is 11.5. The van der Waals surface area contributed by atoms with Gasteiger partial charge in [0.25, 0.3) is 0 Å². The van der Waals surface area contributed by atoms with Gasteiger partial charge in [-0.15, -0.1) is 0 Å². The lowest BCUT2D eigenvalue weighted by Crippen LogP contribution is -2.46. The number of hydrogen-bond acceptors (Lipinski definition) is 1. The first-order valence-corrected chi connectivity index (χ1v) is 7.11. The zero-order chi connectivity index (χ0) is 11.7. The smallest absolute Gasteiger partial charge is 0.00978 e. The molecule has 0 aromatic rings. The summed E-state index contributed by atoms with van der Waals surface area (Å²) in [6.45, 7) is 11.7. The number of hydrogen-bond donors (Lipinski definition) is 1. The Kier molecular flexibility index (Phi) is 9.18. The fourth-order valence-corrected chi connectivity index (χ4v) is 2.80. The van der Waals surface area contributed by atoms with Gasteiger partial charge >= 0.3 is 0 Å². The molecule has 1 saturated heterocycles. The van der Waals surface area contributed by atoms with E-state index in [1.165, 1.54) is 38.6 Å². The fraction of sp³-hybridized carbons (Fsp3) is 1.00. The maximum absolute atomic E-state index is 3.65. The number of piperidine rings is 1. The molecule has 0 aromatic carbocycles. The van der Waals surface area contributed by atoms with Crippen molar-refractivity contribution in [2.45, 2.75) is 72.8 Å². The predicted molar refractivity (Wildman–Crippen MR) is 70.2 cm³/mol. The Morgan fingerprint density at radius 3 is 2.07 bits per heavy atom. The summed E-state index contributed by atoms with van der Waals surface area (Å²) in [5, 5.41) is 3.65. The minimum atomic E-state index is 0.882. The highest BCUT2D eigenvalue weighted by atomic mass is 14.9. The van der Waals surface area contributed by atoms with Gasteiger partial charge in [-0.05, 0) is 37.6 Å². The molecule has 2 fully saturated rings. The number of rotatable bonds is 0. The molecule has 1 nitrogen and oxygen atoms in total. The van der Waals surface area contributed by atoms with Crippen LogP contribution in [0.5, 0.6) is 0 Å². The molecule has 0 radical (unpaired) electrons. The number of fused-ring (bicyclic) bond motifs is 1. The van der Waals surface area contributed by atoms with Crippen molar-refractivity contribution in [3.05, 3.63) is 0 Å². The van der Waals surface area contributed by atoms with Gasteiger partial charge < -0.3 is 5.32 Å². The highest BCUT2D eigenvalue weighted by Crippen LogP contribution is 2.34. The van der Waals surface area contributed by atoms with Crippen molar-refractivity contribution in [1.29, 1.82) is 0 Å². The van der Waals surface area contributed by atoms with Crippen molar-refractivity contribution in [1.82, 2.24) is 5.32 Å². The Balaban J connectivity index is 0.000000442. The summed E-state index contributed by atoms with van der Waals surface area (Å²) in [5.41, 5.74) is 0. The minimum absolute atomic E-state index is 0.882. The van der Waals surface area contributed by atoms with Crippen molar-refractivity contribution < 1.29 is 0 Å². The summed E-state index contributed by atoms with van der Waals surface area (Å²) >= 11 is 0. The van der Waals surface area contributed by atoms with Crippen LogP contribution < -0.4 is 5.32 Å². The van der Waals surface area contributed by atoms with Crippen LogP contribution in [-0.2, 0) is 0 Å². The van der Waals surface area contributed by atoms with Gasteiger partial charge in [0.1, 0.15) is 0 Å². The van der Waals surface area contributed by atoms with E-state index < -0.39 is 0 Å². The van der Waals surface area contributed by atoms with Crippen LogP contribution in [0, 0.1) is 11.8 Å². The molecule has 2 rings (SSSR count). The lowest BCUT2D eigenvalue weighted by Gasteiger charge is -2.40. The van der Waals surface area contributed by atoms with Gasteiger partial charge in [-0.3, -0.25) is 0 Å². The van der Waals surface area contributed by atoms with Crippen molar-refractivity contribution in [2.75, 3.05) is 6.54 Å². The average molecular weight is 213 g/mol. The molecule has 15 heavy (non-hydrogen) atoms. The second kappa shape index (κ2) is 9.21. The molecular formula is C14H31N. The van der Waals surface area contributed by atoms with Gasteiger partial charge in [0.2, 0.25) is 0 Å². The van der Waals surface area contributed by atoms with Gasteiger partial charge in [-0.1, -0.05) is 47.5 Å². The molecule has 0 bridgehead atoms. The minimum Gasteiger partial charge on any atom is -0.314 e. The van der Waals surface area contributed by atoms with E-state index in [1.807, 2.05) is 27.7 Å². The van der Waals surface area contributed by atoms with Crippen LogP contribution >= 0.6 is 0 Å². The van der Waals surface area contributed by atoms with Crippen LogP contribution in [0.25, 0.3) is 0 Å². The second-order valence-electron chi connectivity index (χ2n) is 4.27. The molecule has 3 atom stereocenters. The van der Waals surface area contributed by atoms with Crippen molar-refractivity contribution in [3.8, 4) is 0 Å². The average Bonchev–Trinajstić information content (AvgIpc) is 2.35. The Labute approximate surface area is 97.0 Å². The molecule has 0 aromatic heterocycles. The fourth-order valence-electron chi connectivity index (χ4n) is 2.80. The largest absolute Gasteiger partial charge is 0.314 e. The topological polar surface area (TPSA) is 12.0 Å². The van der Waals surface area contributed by atoms with Crippen LogP contribution in [-0.4, -0.2) is 12.6 Å². The summed E-state index contributed by atoms with van der Waals surface area (Å²) in [5.74, 6) is 2.00. The monoisotopic (exact) mass is 213 g/mol. The van der Waals surface area contributed by atoms with E-state index in [9.17, 15) is 0 Å². The lowest BCUT2D eigenvalue weighted by atomic mass is 9.74. The SMILES string of the molecule is CC.CC.CC1CCNC2CCCCC12. The number of nitrogens with one attached hydrogen (secondary N) is 1. The maximum atomic E-state index is 3.65. The van der Waals surface area contributed by atoms with Gasteiger partial charge in [0.05, 0.1) is 0 Å². The van der Waals surface area contributed by atoms with E-state index in [0.717, 1.165) is 17.9 Å². The van der Waals surface area contributed by atoms with Crippen LogP contribution in [0.3, 0.4) is 0 Å². The summed E-state index contributed by atoms with van der Waals surface area (Å²) in [4.78, 5) is 0. The normalized spacial score (nSPS) is 33.8. The molecule has 1 heteroatoms. The molecule has 0 amide bonds. The summed E-state index contributed by atoms with van der Waals surface area (Å²) in [6.07, 6.45) is 7.27. The Hall–Kier alpha value is -0.0400. The first-order valence-electron chi connectivity index (χ1n) is 7.11. The molecule has 1 aliphatic heterocycles. The molecule has 1 aliphatic carbocycles. The van der Waals surface area contributed by atoms with Crippen LogP contribution in [0.15, 0.2) is 0 Å². The van der Waals surface area contributed by atoms with Crippen LogP contribution in [0.2, 0.25) is 0 Å². The summed E-state index contributed by atoms with van der Waals surface area (Å²) in [7, 11) is 0. The van der Waals surface area contributed by atoms with E-state index in [4.69, 9.17) is 0 Å². The maximum Gasteiger partial charge on any atom is 0.00978 e. The first-order chi connectivity index (χ1) is 7.38. The second-order valence-corrected chi connectivity index (χ2v) is 4.27.